The Balaban J connectivity index is 0.00000180. The van der Waals surface area contributed by atoms with Crippen LogP contribution in [0.15, 0.2) is 4.99 Å². The lowest BCUT2D eigenvalue weighted by molar-refractivity contribution is -0.0816. The molecule has 0 saturated carbocycles. The number of rotatable bonds is 2. The highest BCUT2D eigenvalue weighted by molar-refractivity contribution is 14.0. The molecule has 2 saturated heterocycles. The third-order valence-corrected chi connectivity index (χ3v) is 3.33. The molecule has 2 fully saturated rings. The van der Waals surface area contributed by atoms with E-state index in [0.29, 0.717) is 13.2 Å². The van der Waals surface area contributed by atoms with Crippen LogP contribution in [-0.4, -0.2) is 63.0 Å². The van der Waals surface area contributed by atoms with E-state index in [1.165, 1.54) is 0 Å². The summed E-state index contributed by atoms with van der Waals surface area (Å²) in [6.07, 6.45) is 7.86. The molecule has 19 heavy (non-hydrogen) atoms. The lowest BCUT2D eigenvalue weighted by Gasteiger charge is -2.36. The van der Waals surface area contributed by atoms with Crippen molar-refractivity contribution in [3.8, 4) is 12.3 Å². The van der Waals surface area contributed by atoms with Gasteiger partial charge >= 0.3 is 0 Å². The summed E-state index contributed by atoms with van der Waals surface area (Å²) in [6, 6.07) is 0. The molecule has 2 aliphatic rings. The number of halogens is 1. The van der Waals surface area contributed by atoms with Gasteiger partial charge in [0.05, 0.1) is 19.3 Å². The minimum atomic E-state index is 0. The van der Waals surface area contributed by atoms with Crippen molar-refractivity contribution in [3.63, 3.8) is 0 Å². The van der Waals surface area contributed by atoms with E-state index >= 15 is 0 Å². The van der Waals surface area contributed by atoms with Gasteiger partial charge in [0.2, 0.25) is 0 Å². The second-order valence-corrected chi connectivity index (χ2v) is 4.51. The molecule has 6 heteroatoms. The normalized spacial score (nSPS) is 27.6. The van der Waals surface area contributed by atoms with Crippen molar-refractivity contribution in [3.05, 3.63) is 0 Å². The summed E-state index contributed by atoms with van der Waals surface area (Å²) >= 11 is 0. The first-order valence-corrected chi connectivity index (χ1v) is 6.47. The van der Waals surface area contributed by atoms with E-state index in [1.54, 1.807) is 7.05 Å². The first-order chi connectivity index (χ1) is 8.85. The average Bonchev–Trinajstić information content (AvgIpc) is 2.94. The second kappa shape index (κ2) is 8.61. The zero-order chi connectivity index (χ0) is 12.8. The Morgan fingerprint density at radius 1 is 1.42 bits per heavy atom. The minimum Gasteiger partial charge on any atom is -0.375 e. The van der Waals surface area contributed by atoms with Crippen LogP contribution in [0.3, 0.4) is 0 Å². The van der Waals surface area contributed by atoms with Crippen LogP contribution in [0.4, 0.5) is 0 Å². The number of hydrogen-bond donors (Lipinski definition) is 1. The van der Waals surface area contributed by atoms with Crippen molar-refractivity contribution in [2.45, 2.75) is 25.0 Å². The van der Waals surface area contributed by atoms with E-state index < -0.39 is 0 Å². The van der Waals surface area contributed by atoms with Gasteiger partial charge in [-0.05, 0) is 12.8 Å². The number of morpholine rings is 1. The topological polar surface area (TPSA) is 46.1 Å². The van der Waals surface area contributed by atoms with Gasteiger partial charge in [0, 0.05) is 26.7 Å². The number of ether oxygens (including phenoxy) is 2. The van der Waals surface area contributed by atoms with Gasteiger partial charge < -0.3 is 19.7 Å². The molecule has 0 aliphatic carbocycles. The third kappa shape index (κ3) is 4.51. The highest BCUT2D eigenvalue weighted by Gasteiger charge is 2.32. The maximum absolute atomic E-state index is 5.80. The Morgan fingerprint density at radius 2 is 2.21 bits per heavy atom. The Hall–Kier alpha value is -0.520. The number of hydrogen-bond acceptors (Lipinski definition) is 3. The van der Waals surface area contributed by atoms with Crippen molar-refractivity contribution in [2.24, 2.45) is 4.99 Å². The van der Waals surface area contributed by atoms with Crippen LogP contribution in [0.1, 0.15) is 12.8 Å². The van der Waals surface area contributed by atoms with E-state index in [0.717, 1.165) is 38.5 Å². The lowest BCUT2D eigenvalue weighted by atomic mass is 10.1. The summed E-state index contributed by atoms with van der Waals surface area (Å²) in [5.41, 5.74) is 0. The fraction of sp³-hybridized carbons (Fsp3) is 0.769. The molecule has 2 atom stereocenters. The first kappa shape index (κ1) is 16.5. The number of nitrogens with one attached hydrogen (secondary N) is 1. The summed E-state index contributed by atoms with van der Waals surface area (Å²) in [5.74, 6) is 3.41. The second-order valence-electron chi connectivity index (χ2n) is 4.51. The Bertz CT molecular complexity index is 337. The van der Waals surface area contributed by atoms with Gasteiger partial charge in [-0.15, -0.1) is 30.4 Å². The maximum Gasteiger partial charge on any atom is 0.194 e. The molecule has 2 aliphatic heterocycles. The summed E-state index contributed by atoms with van der Waals surface area (Å²) in [4.78, 5) is 6.44. The Morgan fingerprint density at radius 3 is 2.84 bits per heavy atom. The van der Waals surface area contributed by atoms with Crippen LogP contribution >= 0.6 is 24.0 Å². The van der Waals surface area contributed by atoms with Gasteiger partial charge in [0.15, 0.2) is 5.96 Å². The van der Waals surface area contributed by atoms with E-state index in [1.807, 2.05) is 0 Å². The molecule has 0 aromatic carbocycles. The maximum atomic E-state index is 5.80. The number of terminal acetylenes is 1. The van der Waals surface area contributed by atoms with Gasteiger partial charge in [-0.1, -0.05) is 5.92 Å². The van der Waals surface area contributed by atoms with Crippen molar-refractivity contribution >= 4 is 29.9 Å². The first-order valence-electron chi connectivity index (χ1n) is 6.47. The van der Waals surface area contributed by atoms with E-state index in [9.17, 15) is 0 Å². The summed E-state index contributed by atoms with van der Waals surface area (Å²) in [5, 5.41) is 3.14. The highest BCUT2D eigenvalue weighted by atomic mass is 127. The van der Waals surface area contributed by atoms with Gasteiger partial charge in [0.1, 0.15) is 6.10 Å². The molecule has 2 heterocycles. The largest absolute Gasteiger partial charge is 0.375 e. The van der Waals surface area contributed by atoms with E-state index in [-0.39, 0.29) is 36.2 Å². The monoisotopic (exact) mass is 379 g/mol. The molecule has 0 spiro atoms. The summed E-state index contributed by atoms with van der Waals surface area (Å²) in [6.45, 7) is 3.72. The fourth-order valence-electron chi connectivity index (χ4n) is 2.45. The standard InChI is InChI=1S/C13H21N3O2.HI/c1-3-6-15-13(14-2)16-7-9-18-12(10-16)11-5-4-8-17-11;/h1,11-12H,4-10H2,2H3,(H,14,15);1H. The van der Waals surface area contributed by atoms with Crippen LogP contribution in [-0.2, 0) is 9.47 Å². The quantitative estimate of drug-likeness (QED) is 0.332. The summed E-state index contributed by atoms with van der Waals surface area (Å²) in [7, 11) is 1.77. The zero-order valence-corrected chi connectivity index (χ0v) is 13.6. The predicted molar refractivity (Wildman–Crippen MR) is 85.9 cm³/mol. The number of guanidine groups is 1. The van der Waals surface area contributed by atoms with Gasteiger partial charge in [-0.25, -0.2) is 0 Å². The van der Waals surface area contributed by atoms with Gasteiger partial charge in [-0.2, -0.15) is 0 Å². The van der Waals surface area contributed by atoms with E-state index in [2.05, 4.69) is 21.1 Å². The third-order valence-electron chi connectivity index (χ3n) is 3.33. The summed E-state index contributed by atoms with van der Waals surface area (Å²) < 4.78 is 11.5. The van der Waals surface area contributed by atoms with Crippen molar-refractivity contribution in [1.29, 1.82) is 0 Å². The van der Waals surface area contributed by atoms with Crippen LogP contribution in [0.25, 0.3) is 0 Å². The Kier molecular flexibility index (Phi) is 7.49. The molecule has 0 amide bonds. The molecular formula is C13H22IN3O2. The van der Waals surface area contributed by atoms with Gasteiger partial charge in [-0.3, -0.25) is 4.99 Å². The number of nitrogens with zero attached hydrogens (tertiary/aromatic N) is 2. The van der Waals surface area contributed by atoms with Crippen molar-refractivity contribution in [1.82, 2.24) is 10.2 Å². The van der Waals surface area contributed by atoms with Crippen molar-refractivity contribution < 1.29 is 9.47 Å². The SMILES string of the molecule is C#CCNC(=NC)N1CCOC(C2CCCO2)C1.I. The predicted octanol–water partition coefficient (Wildman–Crippen LogP) is 0.693. The average molecular weight is 379 g/mol. The molecule has 2 rings (SSSR count). The number of aliphatic imine (C=N–C) groups is 1. The van der Waals surface area contributed by atoms with E-state index in [4.69, 9.17) is 15.9 Å². The van der Waals surface area contributed by atoms with Crippen LogP contribution in [0, 0.1) is 12.3 Å². The van der Waals surface area contributed by atoms with Gasteiger partial charge in [0.25, 0.3) is 0 Å². The van der Waals surface area contributed by atoms with Crippen LogP contribution in [0.5, 0.6) is 0 Å². The van der Waals surface area contributed by atoms with Crippen LogP contribution < -0.4 is 5.32 Å². The minimum absolute atomic E-state index is 0. The van der Waals surface area contributed by atoms with Crippen molar-refractivity contribution in [2.75, 3.05) is 39.9 Å². The lowest BCUT2D eigenvalue weighted by Crippen LogP contribution is -2.53. The molecule has 0 aromatic heterocycles. The smallest absolute Gasteiger partial charge is 0.194 e. The fourth-order valence-corrected chi connectivity index (χ4v) is 2.45. The molecule has 2 unspecified atom stereocenters. The zero-order valence-electron chi connectivity index (χ0n) is 11.3. The molecule has 0 radical (unpaired) electrons. The molecule has 1 N–H and O–H groups in total. The molecule has 0 aromatic rings. The molecular weight excluding hydrogens is 357 g/mol. The molecule has 5 nitrogen and oxygen atoms in total. The molecule has 0 bridgehead atoms. The highest BCUT2D eigenvalue weighted by Crippen LogP contribution is 2.20. The molecule has 108 valence electrons. The van der Waals surface area contributed by atoms with Crippen LogP contribution in [0.2, 0.25) is 0 Å². The Labute approximate surface area is 132 Å².